The molecule has 3 rings (SSSR count). The van der Waals surface area contributed by atoms with Crippen LogP contribution >= 0.6 is 22.6 Å². The molecular weight excluding hydrogens is 495 g/mol. The number of nitro groups is 1. The first-order chi connectivity index (χ1) is 13.8. The zero-order valence-corrected chi connectivity index (χ0v) is 17.3. The largest absolute Gasteiger partial charge is 0.493 e. The third-order valence-corrected chi connectivity index (χ3v) is 4.55. The van der Waals surface area contributed by atoms with Crippen LogP contribution in [0.3, 0.4) is 0 Å². The Bertz CT molecular complexity index is 1070. The van der Waals surface area contributed by atoms with Crippen molar-refractivity contribution in [1.29, 1.82) is 0 Å². The Labute approximate surface area is 178 Å². The van der Waals surface area contributed by atoms with E-state index in [1.165, 1.54) is 44.4 Å². The molecule has 29 heavy (non-hydrogen) atoms. The fourth-order valence-corrected chi connectivity index (χ4v) is 3.22. The van der Waals surface area contributed by atoms with Crippen LogP contribution in [0.2, 0.25) is 0 Å². The highest BCUT2D eigenvalue weighted by Gasteiger charge is 2.25. The standard InChI is InChI=1S/C19H13IN2O7/c1-10(23)28-17-14(20)7-11(9-16(17)27-2)8-15-19(24)29-18(21-15)12-3-5-13(6-4-12)22(25)26/h3-9H,1-2H3. The van der Waals surface area contributed by atoms with Crippen molar-refractivity contribution in [3.8, 4) is 11.5 Å². The molecule has 1 heterocycles. The highest BCUT2D eigenvalue weighted by molar-refractivity contribution is 14.1. The molecule has 0 N–H and O–H groups in total. The van der Waals surface area contributed by atoms with Gasteiger partial charge in [0.05, 0.1) is 15.6 Å². The normalized spacial score (nSPS) is 14.4. The van der Waals surface area contributed by atoms with E-state index in [2.05, 4.69) is 4.99 Å². The second kappa shape index (κ2) is 8.39. The number of cyclic esters (lactones) is 1. The lowest BCUT2D eigenvalue weighted by Crippen LogP contribution is -2.06. The number of carbonyl (C=O) groups is 2. The molecule has 0 radical (unpaired) electrons. The molecule has 0 aliphatic carbocycles. The topological polar surface area (TPSA) is 117 Å². The molecular formula is C19H13IN2O7. The zero-order valence-electron chi connectivity index (χ0n) is 15.2. The van der Waals surface area contributed by atoms with E-state index in [1.54, 1.807) is 12.1 Å². The SMILES string of the molecule is COc1cc(C=C2N=C(c3ccc([N+](=O)[O-])cc3)OC2=O)cc(I)c1OC(C)=O. The van der Waals surface area contributed by atoms with E-state index in [-0.39, 0.29) is 23.0 Å². The van der Waals surface area contributed by atoms with E-state index in [1.807, 2.05) is 22.6 Å². The average molecular weight is 508 g/mol. The van der Waals surface area contributed by atoms with Crippen LogP contribution in [0.1, 0.15) is 18.1 Å². The lowest BCUT2D eigenvalue weighted by atomic mass is 10.1. The molecule has 0 atom stereocenters. The number of non-ortho nitro benzene ring substituents is 1. The quantitative estimate of drug-likeness (QED) is 0.152. The maximum atomic E-state index is 12.2. The lowest BCUT2D eigenvalue weighted by molar-refractivity contribution is -0.384. The summed E-state index contributed by atoms with van der Waals surface area (Å²) in [7, 11) is 1.43. The minimum absolute atomic E-state index is 0.0503. The third kappa shape index (κ3) is 4.59. The number of carbonyl (C=O) groups excluding carboxylic acids is 2. The summed E-state index contributed by atoms with van der Waals surface area (Å²) in [6.07, 6.45) is 1.50. The van der Waals surface area contributed by atoms with Crippen molar-refractivity contribution in [3.63, 3.8) is 0 Å². The van der Waals surface area contributed by atoms with Gasteiger partial charge in [-0.1, -0.05) is 0 Å². The van der Waals surface area contributed by atoms with Crippen LogP contribution in [0.5, 0.6) is 11.5 Å². The lowest BCUT2D eigenvalue weighted by Gasteiger charge is -2.11. The van der Waals surface area contributed by atoms with Crippen molar-refractivity contribution in [3.05, 3.63) is 66.9 Å². The van der Waals surface area contributed by atoms with E-state index < -0.39 is 16.9 Å². The van der Waals surface area contributed by atoms with Crippen LogP contribution in [0.15, 0.2) is 47.1 Å². The van der Waals surface area contributed by atoms with Crippen LogP contribution in [0.25, 0.3) is 6.08 Å². The maximum absolute atomic E-state index is 12.2. The molecule has 0 saturated carbocycles. The Morgan fingerprint density at radius 2 is 1.97 bits per heavy atom. The Kier molecular flexibility index (Phi) is 5.92. The third-order valence-electron chi connectivity index (χ3n) is 3.75. The second-order valence-electron chi connectivity index (χ2n) is 5.77. The summed E-state index contributed by atoms with van der Waals surface area (Å²) >= 11 is 1.99. The number of benzene rings is 2. The molecule has 0 fully saturated rings. The number of hydrogen-bond donors (Lipinski definition) is 0. The molecule has 1 aliphatic heterocycles. The molecule has 0 saturated heterocycles. The van der Waals surface area contributed by atoms with Crippen LogP contribution in [0, 0.1) is 13.7 Å². The van der Waals surface area contributed by atoms with Crippen LogP contribution in [-0.4, -0.2) is 29.9 Å². The van der Waals surface area contributed by atoms with Gasteiger partial charge in [-0.2, -0.15) is 0 Å². The van der Waals surface area contributed by atoms with E-state index in [4.69, 9.17) is 14.2 Å². The summed E-state index contributed by atoms with van der Waals surface area (Å²) in [5.74, 6) is -0.480. The monoisotopic (exact) mass is 508 g/mol. The summed E-state index contributed by atoms with van der Waals surface area (Å²) in [5, 5.41) is 10.7. The number of ether oxygens (including phenoxy) is 3. The Morgan fingerprint density at radius 1 is 1.28 bits per heavy atom. The predicted molar refractivity (Wildman–Crippen MR) is 111 cm³/mol. The fourth-order valence-electron chi connectivity index (χ4n) is 2.48. The minimum atomic E-state index is -0.656. The number of rotatable bonds is 5. The molecule has 0 amide bonds. The zero-order chi connectivity index (χ0) is 21.1. The van der Waals surface area contributed by atoms with Gasteiger partial charge in [0.25, 0.3) is 5.69 Å². The molecule has 0 spiro atoms. The van der Waals surface area contributed by atoms with Crippen molar-refractivity contribution in [2.75, 3.05) is 7.11 Å². The average Bonchev–Trinajstić information content (AvgIpc) is 3.04. The molecule has 1 aliphatic rings. The molecule has 2 aromatic carbocycles. The highest BCUT2D eigenvalue weighted by Crippen LogP contribution is 2.35. The van der Waals surface area contributed by atoms with Gasteiger partial charge in [-0.05, 0) is 58.5 Å². The van der Waals surface area contributed by atoms with Gasteiger partial charge in [-0.3, -0.25) is 14.9 Å². The van der Waals surface area contributed by atoms with Crippen molar-refractivity contribution in [2.24, 2.45) is 4.99 Å². The molecule has 148 valence electrons. The minimum Gasteiger partial charge on any atom is -0.493 e. The molecule has 0 aromatic heterocycles. The Balaban J connectivity index is 1.93. The van der Waals surface area contributed by atoms with E-state index in [0.717, 1.165) is 0 Å². The number of aliphatic imine (C=N–C) groups is 1. The number of hydrogen-bond acceptors (Lipinski definition) is 8. The van der Waals surface area contributed by atoms with E-state index in [0.29, 0.717) is 20.4 Å². The van der Waals surface area contributed by atoms with Crippen molar-refractivity contribution < 1.29 is 28.7 Å². The van der Waals surface area contributed by atoms with Gasteiger partial charge in [0.1, 0.15) is 0 Å². The number of halogens is 1. The van der Waals surface area contributed by atoms with Gasteiger partial charge in [0, 0.05) is 24.6 Å². The summed E-state index contributed by atoms with van der Waals surface area (Å²) < 4.78 is 16.2. The summed E-state index contributed by atoms with van der Waals surface area (Å²) in [4.78, 5) is 37.8. The second-order valence-corrected chi connectivity index (χ2v) is 6.93. The van der Waals surface area contributed by atoms with Gasteiger partial charge >= 0.3 is 11.9 Å². The number of nitro benzene ring substituents is 1. The van der Waals surface area contributed by atoms with Crippen LogP contribution < -0.4 is 9.47 Å². The van der Waals surface area contributed by atoms with Gasteiger partial charge in [-0.15, -0.1) is 0 Å². The number of nitrogens with zero attached hydrogens (tertiary/aromatic N) is 2. The fraction of sp³-hybridized carbons (Fsp3) is 0.105. The predicted octanol–water partition coefficient (Wildman–Crippen LogP) is 3.48. The Hall–Kier alpha value is -3.28. The van der Waals surface area contributed by atoms with E-state index in [9.17, 15) is 19.7 Å². The number of methoxy groups -OCH3 is 1. The molecule has 10 heteroatoms. The van der Waals surface area contributed by atoms with E-state index >= 15 is 0 Å². The first kappa shape index (κ1) is 20.5. The highest BCUT2D eigenvalue weighted by atomic mass is 127. The van der Waals surface area contributed by atoms with Crippen molar-refractivity contribution >= 4 is 52.2 Å². The van der Waals surface area contributed by atoms with Crippen molar-refractivity contribution in [1.82, 2.24) is 0 Å². The van der Waals surface area contributed by atoms with Crippen LogP contribution in [-0.2, 0) is 14.3 Å². The molecule has 0 bridgehead atoms. The van der Waals surface area contributed by atoms with Gasteiger partial charge in [-0.25, -0.2) is 9.79 Å². The number of esters is 2. The first-order valence-corrected chi connectivity index (χ1v) is 9.19. The van der Waals surface area contributed by atoms with Gasteiger partial charge in [0.2, 0.25) is 5.90 Å². The smallest absolute Gasteiger partial charge is 0.363 e. The summed E-state index contributed by atoms with van der Waals surface area (Å²) in [6.45, 7) is 1.29. The van der Waals surface area contributed by atoms with Gasteiger partial charge in [0.15, 0.2) is 17.2 Å². The molecule has 9 nitrogen and oxygen atoms in total. The first-order valence-electron chi connectivity index (χ1n) is 8.12. The maximum Gasteiger partial charge on any atom is 0.363 e. The summed E-state index contributed by atoms with van der Waals surface area (Å²) in [5.41, 5.74) is 0.993. The van der Waals surface area contributed by atoms with Gasteiger partial charge < -0.3 is 14.2 Å². The Morgan fingerprint density at radius 3 is 2.55 bits per heavy atom. The van der Waals surface area contributed by atoms with Crippen LogP contribution in [0.4, 0.5) is 5.69 Å². The molecule has 0 unspecified atom stereocenters. The van der Waals surface area contributed by atoms with Crippen molar-refractivity contribution in [2.45, 2.75) is 6.92 Å². The summed E-state index contributed by atoms with van der Waals surface area (Å²) in [6, 6.07) is 8.80. The molecule has 2 aromatic rings.